The molecule has 7 heteroatoms. The molecule has 1 fully saturated rings. The Morgan fingerprint density at radius 3 is 2.50 bits per heavy atom. The fourth-order valence-electron chi connectivity index (χ4n) is 2.65. The first-order valence-electron chi connectivity index (χ1n) is 7.87. The van der Waals surface area contributed by atoms with Crippen molar-refractivity contribution < 1.29 is 18.0 Å². The van der Waals surface area contributed by atoms with Crippen LogP contribution in [0.15, 0.2) is 36.9 Å². The number of hydrogen-bond donors (Lipinski definition) is 1. The standard InChI is InChI=1S/C17H22F3N3O/c1-2-6-21-16(24)13-23-9-7-22(8-10-23)12-14-4-3-5-15(11-14)17(18,19)20/h2-5,11H,1,6-10,12-13H2,(H,21,24). The van der Waals surface area contributed by atoms with E-state index < -0.39 is 11.7 Å². The third-order valence-corrected chi connectivity index (χ3v) is 3.94. The maximum Gasteiger partial charge on any atom is 0.416 e. The van der Waals surface area contributed by atoms with E-state index in [1.165, 1.54) is 12.1 Å². The average molecular weight is 341 g/mol. The van der Waals surface area contributed by atoms with Gasteiger partial charge in [0.15, 0.2) is 0 Å². The number of rotatable bonds is 6. The van der Waals surface area contributed by atoms with Crippen LogP contribution in [0.2, 0.25) is 0 Å². The first-order chi connectivity index (χ1) is 11.4. The van der Waals surface area contributed by atoms with Gasteiger partial charge in [0.1, 0.15) is 0 Å². The number of nitrogens with zero attached hydrogens (tertiary/aromatic N) is 2. The summed E-state index contributed by atoms with van der Waals surface area (Å²) in [5.74, 6) is -0.0405. The van der Waals surface area contributed by atoms with E-state index in [1.54, 1.807) is 12.1 Å². The second-order valence-corrected chi connectivity index (χ2v) is 5.84. The molecule has 24 heavy (non-hydrogen) atoms. The lowest BCUT2D eigenvalue weighted by atomic mass is 10.1. The molecule has 0 spiro atoms. The molecule has 0 bridgehead atoms. The van der Waals surface area contributed by atoms with Crippen molar-refractivity contribution in [2.75, 3.05) is 39.3 Å². The fourth-order valence-corrected chi connectivity index (χ4v) is 2.65. The molecule has 0 unspecified atom stereocenters. The minimum Gasteiger partial charge on any atom is -0.352 e. The van der Waals surface area contributed by atoms with Gasteiger partial charge in [0.25, 0.3) is 0 Å². The first kappa shape index (κ1) is 18.5. The van der Waals surface area contributed by atoms with Gasteiger partial charge in [-0.25, -0.2) is 0 Å². The van der Waals surface area contributed by atoms with E-state index in [-0.39, 0.29) is 5.91 Å². The number of alkyl halides is 3. The number of hydrogen-bond acceptors (Lipinski definition) is 3. The molecule has 1 N–H and O–H groups in total. The van der Waals surface area contributed by atoms with Gasteiger partial charge in [0, 0.05) is 39.3 Å². The SMILES string of the molecule is C=CCNC(=O)CN1CCN(Cc2cccc(C(F)(F)F)c2)CC1. The molecule has 1 saturated heterocycles. The number of benzene rings is 1. The quantitative estimate of drug-likeness (QED) is 0.805. The van der Waals surface area contributed by atoms with E-state index in [1.807, 2.05) is 4.90 Å². The molecule has 1 aliphatic heterocycles. The summed E-state index contributed by atoms with van der Waals surface area (Å²) < 4.78 is 38.2. The van der Waals surface area contributed by atoms with Crippen LogP contribution in [0.1, 0.15) is 11.1 Å². The lowest BCUT2D eigenvalue weighted by Gasteiger charge is -2.34. The lowest BCUT2D eigenvalue weighted by molar-refractivity contribution is -0.137. The van der Waals surface area contributed by atoms with E-state index in [2.05, 4.69) is 16.8 Å². The number of carbonyl (C=O) groups is 1. The van der Waals surface area contributed by atoms with E-state index in [0.717, 1.165) is 32.2 Å². The third-order valence-electron chi connectivity index (χ3n) is 3.94. The summed E-state index contributed by atoms with van der Waals surface area (Å²) in [6.45, 7) is 7.72. The predicted molar refractivity (Wildman–Crippen MR) is 86.4 cm³/mol. The van der Waals surface area contributed by atoms with Gasteiger partial charge in [0.05, 0.1) is 12.1 Å². The zero-order chi connectivity index (χ0) is 17.6. The van der Waals surface area contributed by atoms with E-state index in [0.29, 0.717) is 25.2 Å². The highest BCUT2D eigenvalue weighted by Crippen LogP contribution is 2.29. The van der Waals surface area contributed by atoms with E-state index >= 15 is 0 Å². The Hall–Kier alpha value is -1.86. The Morgan fingerprint density at radius 1 is 1.21 bits per heavy atom. The van der Waals surface area contributed by atoms with Crippen LogP contribution in [0.4, 0.5) is 13.2 Å². The van der Waals surface area contributed by atoms with Crippen LogP contribution in [0.5, 0.6) is 0 Å². The molecule has 0 aliphatic carbocycles. The second-order valence-electron chi connectivity index (χ2n) is 5.84. The Labute approximate surface area is 139 Å². The number of nitrogens with one attached hydrogen (secondary N) is 1. The minimum absolute atomic E-state index is 0.0405. The van der Waals surface area contributed by atoms with Crippen LogP contribution in [0, 0.1) is 0 Å². The summed E-state index contributed by atoms with van der Waals surface area (Å²) >= 11 is 0. The highest BCUT2D eigenvalue weighted by molar-refractivity contribution is 5.78. The van der Waals surface area contributed by atoms with Gasteiger partial charge in [-0.05, 0) is 11.6 Å². The van der Waals surface area contributed by atoms with Gasteiger partial charge >= 0.3 is 6.18 Å². The van der Waals surface area contributed by atoms with Gasteiger partial charge in [-0.3, -0.25) is 14.6 Å². The maximum atomic E-state index is 12.7. The number of piperazine rings is 1. The Bertz CT molecular complexity index is 566. The third kappa shape index (κ3) is 5.65. The Morgan fingerprint density at radius 2 is 1.88 bits per heavy atom. The smallest absolute Gasteiger partial charge is 0.352 e. The first-order valence-corrected chi connectivity index (χ1v) is 7.87. The molecule has 1 heterocycles. The van der Waals surface area contributed by atoms with Crippen LogP contribution in [0.25, 0.3) is 0 Å². The Kier molecular flexibility index (Phi) is 6.39. The van der Waals surface area contributed by atoms with Crippen molar-refractivity contribution in [1.82, 2.24) is 15.1 Å². The maximum absolute atomic E-state index is 12.7. The summed E-state index contributed by atoms with van der Waals surface area (Å²) in [6, 6.07) is 5.45. The molecule has 0 aromatic heterocycles. The van der Waals surface area contributed by atoms with E-state index in [4.69, 9.17) is 0 Å². The minimum atomic E-state index is -4.31. The molecule has 4 nitrogen and oxygen atoms in total. The lowest BCUT2D eigenvalue weighted by Crippen LogP contribution is -2.49. The van der Waals surface area contributed by atoms with Gasteiger partial charge in [-0.2, -0.15) is 13.2 Å². The normalized spacial score (nSPS) is 16.8. The Balaban J connectivity index is 1.81. The summed E-state index contributed by atoms with van der Waals surface area (Å²) in [5, 5.41) is 2.73. The van der Waals surface area contributed by atoms with Crippen molar-refractivity contribution >= 4 is 5.91 Å². The fraction of sp³-hybridized carbons (Fsp3) is 0.471. The van der Waals surface area contributed by atoms with E-state index in [9.17, 15) is 18.0 Å². The summed E-state index contributed by atoms with van der Waals surface area (Å²) in [5.41, 5.74) is 0.0412. The monoisotopic (exact) mass is 341 g/mol. The number of halogens is 3. The van der Waals surface area contributed by atoms with Crippen LogP contribution >= 0.6 is 0 Å². The highest BCUT2D eigenvalue weighted by atomic mass is 19.4. The molecule has 1 aromatic rings. The van der Waals surface area contributed by atoms with Crippen molar-refractivity contribution in [3.05, 3.63) is 48.0 Å². The topological polar surface area (TPSA) is 35.6 Å². The summed E-state index contributed by atoms with van der Waals surface area (Å²) in [7, 11) is 0. The zero-order valence-corrected chi connectivity index (χ0v) is 13.5. The largest absolute Gasteiger partial charge is 0.416 e. The van der Waals surface area contributed by atoms with Crippen molar-refractivity contribution in [2.24, 2.45) is 0 Å². The zero-order valence-electron chi connectivity index (χ0n) is 13.5. The van der Waals surface area contributed by atoms with Gasteiger partial charge in [-0.15, -0.1) is 6.58 Å². The molecule has 1 amide bonds. The molecule has 0 saturated carbocycles. The molecule has 0 atom stereocenters. The summed E-state index contributed by atoms with van der Waals surface area (Å²) in [6.07, 6.45) is -2.68. The molecule has 132 valence electrons. The molecular weight excluding hydrogens is 319 g/mol. The van der Waals surface area contributed by atoms with Crippen molar-refractivity contribution in [3.8, 4) is 0 Å². The van der Waals surface area contributed by atoms with Crippen molar-refractivity contribution in [2.45, 2.75) is 12.7 Å². The van der Waals surface area contributed by atoms with Gasteiger partial charge in [-0.1, -0.05) is 24.3 Å². The van der Waals surface area contributed by atoms with Crippen LogP contribution in [0.3, 0.4) is 0 Å². The summed E-state index contributed by atoms with van der Waals surface area (Å²) in [4.78, 5) is 15.8. The second kappa shape index (κ2) is 8.30. The van der Waals surface area contributed by atoms with Crippen molar-refractivity contribution in [3.63, 3.8) is 0 Å². The van der Waals surface area contributed by atoms with Gasteiger partial charge in [0.2, 0.25) is 5.91 Å². The number of amides is 1. The highest BCUT2D eigenvalue weighted by Gasteiger charge is 2.30. The predicted octanol–water partition coefficient (Wildman–Crippen LogP) is 2.13. The van der Waals surface area contributed by atoms with Crippen LogP contribution in [-0.2, 0) is 17.5 Å². The van der Waals surface area contributed by atoms with Gasteiger partial charge < -0.3 is 5.32 Å². The number of carbonyl (C=O) groups excluding carboxylic acids is 1. The molecule has 2 rings (SSSR count). The molecule has 0 radical (unpaired) electrons. The average Bonchev–Trinajstić information content (AvgIpc) is 2.54. The van der Waals surface area contributed by atoms with Crippen LogP contribution < -0.4 is 5.32 Å². The molecule has 1 aromatic carbocycles. The molecule has 1 aliphatic rings. The van der Waals surface area contributed by atoms with Crippen molar-refractivity contribution in [1.29, 1.82) is 0 Å². The van der Waals surface area contributed by atoms with Crippen LogP contribution in [-0.4, -0.2) is 55.0 Å². The molecular formula is C17H22F3N3O.